The molecule has 3 aromatic rings. The predicted octanol–water partition coefficient (Wildman–Crippen LogP) is 4.22. The molecule has 2 heterocycles. The Kier molecular flexibility index (Phi) is 4.57. The van der Waals surface area contributed by atoms with Crippen molar-refractivity contribution in [3.63, 3.8) is 0 Å². The van der Waals surface area contributed by atoms with Gasteiger partial charge in [-0.15, -0.1) is 0 Å². The van der Waals surface area contributed by atoms with Crippen molar-refractivity contribution in [2.75, 3.05) is 10.6 Å². The molecule has 1 amide bonds. The zero-order valence-electron chi connectivity index (χ0n) is 15.2. The second kappa shape index (κ2) is 7.08. The van der Waals surface area contributed by atoms with E-state index in [0.717, 1.165) is 12.1 Å². The Balaban J connectivity index is 1.75. The van der Waals surface area contributed by atoms with Gasteiger partial charge in [0.05, 0.1) is 11.1 Å². The molecular weight excluding hydrogens is 383 g/mol. The van der Waals surface area contributed by atoms with Crippen LogP contribution in [0.25, 0.3) is 0 Å². The molecule has 0 spiro atoms. The number of benzene rings is 2. The van der Waals surface area contributed by atoms with Crippen LogP contribution in [-0.2, 0) is 11.0 Å². The van der Waals surface area contributed by atoms with Crippen LogP contribution < -0.4 is 10.6 Å². The largest absolute Gasteiger partial charge is 0.416 e. The standard InChI is InChI=1S/C20H16F3N5O/c1-12-16(18(29)27-15-5-3-2-4-6-15)17(28-19(26-12)24-11-25-28)13-7-9-14(10-8-13)20(21,22)23/h2-11,17H,1H3,(H,27,29)(H,24,25,26)/t17-/m0/s1. The number of halogens is 3. The molecule has 0 aliphatic carbocycles. The fourth-order valence-corrected chi connectivity index (χ4v) is 3.27. The third-order valence-corrected chi connectivity index (χ3v) is 4.62. The van der Waals surface area contributed by atoms with Crippen LogP contribution in [0, 0.1) is 0 Å². The molecule has 0 fully saturated rings. The molecule has 9 heteroatoms. The molecule has 2 aromatic carbocycles. The normalized spacial score (nSPS) is 16.2. The van der Waals surface area contributed by atoms with Crippen LogP contribution in [0.5, 0.6) is 0 Å². The van der Waals surface area contributed by atoms with Crippen molar-refractivity contribution in [3.05, 3.63) is 83.3 Å². The van der Waals surface area contributed by atoms with Gasteiger partial charge < -0.3 is 10.6 Å². The van der Waals surface area contributed by atoms with E-state index in [2.05, 4.69) is 20.7 Å². The molecule has 0 saturated carbocycles. The molecule has 0 bridgehead atoms. The van der Waals surface area contributed by atoms with Crippen LogP contribution in [-0.4, -0.2) is 20.7 Å². The summed E-state index contributed by atoms with van der Waals surface area (Å²) < 4.78 is 40.3. The topological polar surface area (TPSA) is 71.8 Å². The van der Waals surface area contributed by atoms with Gasteiger partial charge in [0.2, 0.25) is 5.95 Å². The molecular formula is C20H16F3N5O. The van der Waals surface area contributed by atoms with Crippen molar-refractivity contribution in [3.8, 4) is 0 Å². The number of alkyl halides is 3. The van der Waals surface area contributed by atoms with Crippen molar-refractivity contribution in [2.45, 2.75) is 19.1 Å². The van der Waals surface area contributed by atoms with E-state index in [1.165, 1.54) is 23.1 Å². The summed E-state index contributed by atoms with van der Waals surface area (Å²) in [5.41, 5.74) is 1.22. The summed E-state index contributed by atoms with van der Waals surface area (Å²) in [5, 5.41) is 10.0. The zero-order chi connectivity index (χ0) is 20.6. The highest BCUT2D eigenvalue weighted by molar-refractivity contribution is 6.06. The fourth-order valence-electron chi connectivity index (χ4n) is 3.27. The summed E-state index contributed by atoms with van der Waals surface area (Å²) in [6.07, 6.45) is -3.12. The minimum Gasteiger partial charge on any atom is -0.328 e. The Morgan fingerprint density at radius 3 is 2.45 bits per heavy atom. The Morgan fingerprint density at radius 1 is 1.10 bits per heavy atom. The van der Waals surface area contributed by atoms with Crippen molar-refractivity contribution in [1.29, 1.82) is 0 Å². The molecule has 4 rings (SSSR count). The smallest absolute Gasteiger partial charge is 0.328 e. The van der Waals surface area contributed by atoms with Gasteiger partial charge in [0.1, 0.15) is 12.4 Å². The Hall–Kier alpha value is -3.62. The number of hydrogen-bond donors (Lipinski definition) is 2. The van der Waals surface area contributed by atoms with Crippen molar-refractivity contribution < 1.29 is 18.0 Å². The number of amides is 1. The van der Waals surface area contributed by atoms with Crippen LogP contribution in [0.2, 0.25) is 0 Å². The van der Waals surface area contributed by atoms with Gasteiger partial charge in [-0.25, -0.2) is 4.68 Å². The van der Waals surface area contributed by atoms with Crippen molar-refractivity contribution in [1.82, 2.24) is 14.8 Å². The third-order valence-electron chi connectivity index (χ3n) is 4.62. The van der Waals surface area contributed by atoms with Gasteiger partial charge in [-0.2, -0.15) is 23.3 Å². The minimum atomic E-state index is -4.44. The van der Waals surface area contributed by atoms with Crippen LogP contribution >= 0.6 is 0 Å². The quantitative estimate of drug-likeness (QED) is 0.692. The van der Waals surface area contributed by atoms with E-state index < -0.39 is 17.8 Å². The first-order valence-electron chi connectivity index (χ1n) is 8.75. The predicted molar refractivity (Wildman–Crippen MR) is 101 cm³/mol. The van der Waals surface area contributed by atoms with Gasteiger partial charge in [0, 0.05) is 11.4 Å². The summed E-state index contributed by atoms with van der Waals surface area (Å²) in [4.78, 5) is 17.2. The summed E-state index contributed by atoms with van der Waals surface area (Å²) in [6, 6.07) is 12.9. The maximum absolute atomic E-state index is 13.1. The van der Waals surface area contributed by atoms with E-state index in [1.807, 2.05) is 6.07 Å². The average molecular weight is 399 g/mol. The number of nitrogens with one attached hydrogen (secondary N) is 2. The highest BCUT2D eigenvalue weighted by Crippen LogP contribution is 2.36. The third kappa shape index (κ3) is 3.58. The number of rotatable bonds is 3. The highest BCUT2D eigenvalue weighted by atomic mass is 19.4. The first kappa shape index (κ1) is 18.7. The number of hydrogen-bond acceptors (Lipinski definition) is 4. The van der Waals surface area contributed by atoms with Gasteiger partial charge in [-0.1, -0.05) is 30.3 Å². The van der Waals surface area contributed by atoms with Crippen LogP contribution in [0.4, 0.5) is 24.8 Å². The Bertz CT molecular complexity index is 1070. The number of aromatic nitrogens is 3. The lowest BCUT2D eigenvalue weighted by Gasteiger charge is -2.29. The fraction of sp³-hybridized carbons (Fsp3) is 0.150. The maximum atomic E-state index is 13.1. The molecule has 0 unspecified atom stereocenters. The molecule has 6 nitrogen and oxygen atoms in total. The first-order valence-corrected chi connectivity index (χ1v) is 8.75. The monoisotopic (exact) mass is 399 g/mol. The van der Waals surface area contributed by atoms with E-state index in [9.17, 15) is 18.0 Å². The molecule has 1 aromatic heterocycles. The summed E-state index contributed by atoms with van der Waals surface area (Å²) >= 11 is 0. The maximum Gasteiger partial charge on any atom is 0.416 e. The van der Waals surface area contributed by atoms with Crippen LogP contribution in [0.15, 0.2) is 72.2 Å². The second-order valence-electron chi connectivity index (χ2n) is 6.53. The Labute approximate surface area is 164 Å². The number of fused-ring (bicyclic) bond motifs is 1. The van der Waals surface area contributed by atoms with E-state index in [1.54, 1.807) is 31.2 Å². The van der Waals surface area contributed by atoms with E-state index >= 15 is 0 Å². The number of anilines is 2. The SMILES string of the molecule is CC1=C(C(=O)Nc2ccccc2)[C@H](c2ccc(C(F)(F)F)cc2)n2ncnc2N1. The molecule has 1 aliphatic rings. The Morgan fingerprint density at radius 2 is 1.79 bits per heavy atom. The van der Waals surface area contributed by atoms with Crippen molar-refractivity contribution in [2.24, 2.45) is 0 Å². The summed E-state index contributed by atoms with van der Waals surface area (Å²) in [6.45, 7) is 1.72. The first-order chi connectivity index (χ1) is 13.8. The van der Waals surface area contributed by atoms with E-state index in [-0.39, 0.29) is 5.91 Å². The number of carbonyl (C=O) groups excluding carboxylic acids is 1. The van der Waals surface area contributed by atoms with Gasteiger partial charge in [-0.05, 0) is 36.8 Å². The molecule has 1 atom stereocenters. The summed E-state index contributed by atoms with van der Waals surface area (Å²) in [7, 11) is 0. The molecule has 1 aliphatic heterocycles. The van der Waals surface area contributed by atoms with Gasteiger partial charge >= 0.3 is 6.18 Å². The van der Waals surface area contributed by atoms with Crippen LogP contribution in [0.1, 0.15) is 24.1 Å². The lowest BCUT2D eigenvalue weighted by Crippen LogP contribution is -2.31. The lowest BCUT2D eigenvalue weighted by atomic mass is 9.94. The lowest BCUT2D eigenvalue weighted by molar-refractivity contribution is -0.137. The molecule has 0 saturated heterocycles. The highest BCUT2D eigenvalue weighted by Gasteiger charge is 2.35. The van der Waals surface area contributed by atoms with Gasteiger partial charge in [0.15, 0.2) is 0 Å². The second-order valence-corrected chi connectivity index (χ2v) is 6.53. The minimum absolute atomic E-state index is 0.339. The number of para-hydroxylation sites is 1. The molecule has 29 heavy (non-hydrogen) atoms. The number of allylic oxidation sites excluding steroid dienone is 1. The average Bonchev–Trinajstić information content (AvgIpc) is 3.15. The van der Waals surface area contributed by atoms with E-state index in [0.29, 0.717) is 28.5 Å². The molecule has 2 N–H and O–H groups in total. The summed E-state index contributed by atoms with van der Waals surface area (Å²) in [5.74, 6) is 0.0240. The molecule has 148 valence electrons. The van der Waals surface area contributed by atoms with Gasteiger partial charge in [-0.3, -0.25) is 4.79 Å². The number of carbonyl (C=O) groups is 1. The van der Waals surface area contributed by atoms with E-state index in [4.69, 9.17) is 0 Å². The van der Waals surface area contributed by atoms with Crippen molar-refractivity contribution >= 4 is 17.5 Å². The van der Waals surface area contributed by atoms with Gasteiger partial charge in [0.25, 0.3) is 5.91 Å². The zero-order valence-corrected chi connectivity index (χ0v) is 15.2. The number of nitrogens with zero attached hydrogens (tertiary/aromatic N) is 3. The van der Waals surface area contributed by atoms with Crippen LogP contribution in [0.3, 0.4) is 0 Å². The molecule has 0 radical (unpaired) electrons.